The second kappa shape index (κ2) is 11.3. The molecule has 11 nitrogen and oxygen atoms in total. The van der Waals surface area contributed by atoms with E-state index in [2.05, 4.69) is 10.3 Å². The molecule has 200 valence electrons. The van der Waals surface area contributed by atoms with E-state index in [4.69, 9.17) is 4.74 Å². The number of aromatic nitrogens is 1. The van der Waals surface area contributed by atoms with Crippen molar-refractivity contribution in [3.8, 4) is 16.9 Å². The molecule has 1 atom stereocenters. The molecule has 0 spiro atoms. The standard InChI is InChI=1S/C27H24N4O7S/c1-17-13-20(18-5-3-7-21(14-18)31(34)35)15-24(26(32)30-33)25(17)29-27(19-6-4-12-28-16-19)39(36,37)23-10-8-22(38-2)9-11-23/h3-16,27,29,33H,1-2H3,(H,30,32). The minimum atomic E-state index is -4.10. The van der Waals surface area contributed by atoms with Gasteiger partial charge in [-0.2, -0.15) is 0 Å². The fourth-order valence-corrected chi connectivity index (χ4v) is 5.65. The monoisotopic (exact) mass is 548 g/mol. The molecular formula is C27H24N4O7S. The molecule has 0 aliphatic carbocycles. The van der Waals surface area contributed by atoms with Crippen LogP contribution in [0.15, 0.2) is 90.1 Å². The largest absolute Gasteiger partial charge is 0.497 e. The van der Waals surface area contributed by atoms with Crippen LogP contribution >= 0.6 is 0 Å². The number of hydrogen-bond acceptors (Lipinski definition) is 9. The number of sulfone groups is 1. The van der Waals surface area contributed by atoms with Crippen molar-refractivity contribution in [3.63, 3.8) is 0 Å². The number of pyridine rings is 1. The third kappa shape index (κ3) is 5.71. The van der Waals surface area contributed by atoms with Gasteiger partial charge in [-0.05, 0) is 66.1 Å². The number of anilines is 1. The van der Waals surface area contributed by atoms with Crippen molar-refractivity contribution >= 4 is 27.1 Å². The number of nitrogens with one attached hydrogen (secondary N) is 2. The quantitative estimate of drug-likeness (QED) is 0.153. The highest BCUT2D eigenvalue weighted by atomic mass is 32.2. The number of hydroxylamine groups is 1. The number of aryl methyl sites for hydroxylation is 1. The van der Waals surface area contributed by atoms with E-state index in [1.54, 1.807) is 36.7 Å². The lowest BCUT2D eigenvalue weighted by molar-refractivity contribution is -0.384. The minimum absolute atomic E-state index is 0.00341. The average Bonchev–Trinajstić information content (AvgIpc) is 2.96. The third-order valence-electron chi connectivity index (χ3n) is 6.03. The number of rotatable bonds is 9. The number of hydrogen-bond donors (Lipinski definition) is 3. The Morgan fingerprint density at radius 1 is 1.05 bits per heavy atom. The number of non-ortho nitro benzene ring substituents is 1. The Labute approximate surface area is 224 Å². The Morgan fingerprint density at radius 3 is 2.41 bits per heavy atom. The van der Waals surface area contributed by atoms with Gasteiger partial charge in [0.15, 0.2) is 5.37 Å². The Hall–Kier alpha value is -4.81. The highest BCUT2D eigenvalue weighted by Crippen LogP contribution is 2.36. The number of nitrogens with zero attached hydrogens (tertiary/aromatic N) is 2. The first kappa shape index (κ1) is 27.2. The molecule has 0 saturated heterocycles. The Balaban J connectivity index is 1.86. The molecule has 3 aromatic carbocycles. The third-order valence-corrected chi connectivity index (χ3v) is 7.97. The highest BCUT2D eigenvalue weighted by molar-refractivity contribution is 7.91. The summed E-state index contributed by atoms with van der Waals surface area (Å²) in [7, 11) is -2.63. The van der Waals surface area contributed by atoms with E-state index >= 15 is 0 Å². The van der Waals surface area contributed by atoms with Crippen molar-refractivity contribution in [2.24, 2.45) is 0 Å². The lowest BCUT2D eigenvalue weighted by atomic mass is 9.97. The Kier molecular flexibility index (Phi) is 7.88. The van der Waals surface area contributed by atoms with Crippen LogP contribution in [0.1, 0.15) is 26.9 Å². The van der Waals surface area contributed by atoms with Gasteiger partial charge in [0, 0.05) is 30.1 Å². The maximum atomic E-state index is 13.8. The Morgan fingerprint density at radius 2 is 1.79 bits per heavy atom. The molecule has 0 aliphatic rings. The molecule has 0 saturated carbocycles. The topological polar surface area (TPSA) is 161 Å². The first-order valence-electron chi connectivity index (χ1n) is 11.5. The van der Waals surface area contributed by atoms with Gasteiger partial charge in [0.2, 0.25) is 9.84 Å². The normalized spacial score (nSPS) is 11.9. The predicted molar refractivity (Wildman–Crippen MR) is 143 cm³/mol. The van der Waals surface area contributed by atoms with Crippen LogP contribution in [0.3, 0.4) is 0 Å². The summed E-state index contributed by atoms with van der Waals surface area (Å²) in [5, 5.41) is 22.3. The molecule has 39 heavy (non-hydrogen) atoms. The molecule has 1 unspecified atom stereocenters. The van der Waals surface area contributed by atoms with Crippen LogP contribution in [0.2, 0.25) is 0 Å². The molecule has 1 heterocycles. The number of benzene rings is 3. The molecule has 0 aliphatic heterocycles. The second-order valence-electron chi connectivity index (χ2n) is 8.50. The van der Waals surface area contributed by atoms with Gasteiger partial charge in [-0.1, -0.05) is 18.2 Å². The summed E-state index contributed by atoms with van der Waals surface area (Å²) < 4.78 is 32.8. The second-order valence-corrected chi connectivity index (χ2v) is 10.5. The molecule has 0 bridgehead atoms. The van der Waals surface area contributed by atoms with Crippen molar-refractivity contribution < 1.29 is 28.1 Å². The zero-order valence-corrected chi connectivity index (χ0v) is 21.7. The van der Waals surface area contributed by atoms with E-state index < -0.39 is 26.0 Å². The van der Waals surface area contributed by atoms with Gasteiger partial charge in [0.1, 0.15) is 5.75 Å². The zero-order valence-electron chi connectivity index (χ0n) is 20.9. The number of methoxy groups -OCH3 is 1. The molecule has 12 heteroatoms. The summed E-state index contributed by atoms with van der Waals surface area (Å²) in [5.74, 6) is -0.422. The lowest BCUT2D eigenvalue weighted by Gasteiger charge is -2.24. The van der Waals surface area contributed by atoms with Crippen molar-refractivity contribution in [2.45, 2.75) is 17.2 Å². The maximum absolute atomic E-state index is 13.8. The smallest absolute Gasteiger partial charge is 0.276 e. The van der Waals surface area contributed by atoms with Gasteiger partial charge in [0.25, 0.3) is 11.6 Å². The van der Waals surface area contributed by atoms with E-state index in [9.17, 15) is 28.5 Å². The fraction of sp³-hybridized carbons (Fsp3) is 0.111. The van der Waals surface area contributed by atoms with Gasteiger partial charge in [-0.3, -0.25) is 25.1 Å². The van der Waals surface area contributed by atoms with E-state index in [1.165, 1.54) is 68.0 Å². The summed E-state index contributed by atoms with van der Waals surface area (Å²) >= 11 is 0. The van der Waals surface area contributed by atoms with Crippen molar-refractivity contribution in [1.82, 2.24) is 10.5 Å². The number of carbonyl (C=O) groups is 1. The van der Waals surface area contributed by atoms with Crippen LogP contribution in [0.25, 0.3) is 11.1 Å². The van der Waals surface area contributed by atoms with E-state index in [0.29, 0.717) is 28.0 Å². The molecule has 3 N–H and O–H groups in total. The molecule has 0 radical (unpaired) electrons. The number of nitro benzene ring substituents is 1. The summed E-state index contributed by atoms with van der Waals surface area (Å²) in [6.07, 6.45) is 2.90. The number of nitro groups is 1. The van der Waals surface area contributed by atoms with Gasteiger partial charge in [-0.15, -0.1) is 0 Å². The SMILES string of the molecule is COc1ccc(S(=O)(=O)C(Nc2c(C)cc(-c3cccc([N+](=O)[O-])c3)cc2C(=O)NO)c2cccnc2)cc1. The molecular weight excluding hydrogens is 524 g/mol. The van der Waals surface area contributed by atoms with Crippen LogP contribution in [0, 0.1) is 17.0 Å². The van der Waals surface area contributed by atoms with E-state index in [1.807, 2.05) is 0 Å². The van der Waals surface area contributed by atoms with Crippen molar-refractivity contribution in [1.29, 1.82) is 0 Å². The highest BCUT2D eigenvalue weighted by Gasteiger charge is 2.31. The van der Waals surface area contributed by atoms with Crippen LogP contribution in [-0.2, 0) is 9.84 Å². The predicted octanol–water partition coefficient (Wildman–Crippen LogP) is 4.68. The number of ether oxygens (including phenoxy) is 1. The van der Waals surface area contributed by atoms with E-state index in [-0.39, 0.29) is 21.8 Å². The molecule has 4 aromatic rings. The molecule has 1 amide bonds. The van der Waals surface area contributed by atoms with Crippen LogP contribution < -0.4 is 15.5 Å². The molecule has 1 aromatic heterocycles. The van der Waals surface area contributed by atoms with Crippen molar-refractivity contribution in [3.05, 3.63) is 112 Å². The summed E-state index contributed by atoms with van der Waals surface area (Å²) in [6.45, 7) is 1.65. The summed E-state index contributed by atoms with van der Waals surface area (Å²) in [6, 6.07) is 18.0. The van der Waals surface area contributed by atoms with Gasteiger partial charge < -0.3 is 10.1 Å². The van der Waals surface area contributed by atoms with Gasteiger partial charge >= 0.3 is 0 Å². The number of amides is 1. The van der Waals surface area contributed by atoms with Crippen LogP contribution in [-0.4, -0.2) is 36.5 Å². The first-order valence-corrected chi connectivity index (χ1v) is 13.1. The summed E-state index contributed by atoms with van der Waals surface area (Å²) in [5.41, 5.74) is 3.20. The molecule has 4 rings (SSSR count). The minimum Gasteiger partial charge on any atom is -0.497 e. The summed E-state index contributed by atoms with van der Waals surface area (Å²) in [4.78, 5) is 27.6. The number of carbonyl (C=O) groups excluding carboxylic acids is 1. The zero-order chi connectivity index (χ0) is 28.2. The Bertz CT molecular complexity index is 1630. The van der Waals surface area contributed by atoms with Crippen LogP contribution in [0.5, 0.6) is 5.75 Å². The lowest BCUT2D eigenvalue weighted by Crippen LogP contribution is -2.26. The fourth-order valence-electron chi connectivity index (χ4n) is 4.09. The molecule has 0 fully saturated rings. The van der Waals surface area contributed by atoms with E-state index in [0.717, 1.165) is 0 Å². The maximum Gasteiger partial charge on any atom is 0.276 e. The van der Waals surface area contributed by atoms with Crippen molar-refractivity contribution in [2.75, 3.05) is 12.4 Å². The van der Waals surface area contributed by atoms with Gasteiger partial charge in [-0.25, -0.2) is 13.9 Å². The van der Waals surface area contributed by atoms with Crippen LogP contribution in [0.4, 0.5) is 11.4 Å². The first-order chi connectivity index (χ1) is 18.6. The van der Waals surface area contributed by atoms with Gasteiger partial charge in [0.05, 0.1) is 28.2 Å². The average molecular weight is 549 g/mol.